The molecule has 1 rings (SSSR count). The van der Waals surface area contributed by atoms with Crippen LogP contribution in [0.25, 0.3) is 0 Å². The summed E-state index contributed by atoms with van der Waals surface area (Å²) in [5.74, 6) is 0.357. The van der Waals surface area contributed by atoms with Gasteiger partial charge in [-0.05, 0) is 5.21 Å². The van der Waals surface area contributed by atoms with Crippen LogP contribution in [0.1, 0.15) is 17.6 Å². The Balaban J connectivity index is 2.64. The van der Waals surface area contributed by atoms with Crippen molar-refractivity contribution in [3.8, 4) is 0 Å². The zero-order valence-corrected chi connectivity index (χ0v) is 9.61. The molecule has 0 aliphatic heterocycles. The van der Waals surface area contributed by atoms with Gasteiger partial charge < -0.3 is 0 Å². The van der Waals surface area contributed by atoms with Crippen molar-refractivity contribution >= 4 is 46.4 Å². The lowest BCUT2D eigenvalue weighted by atomic mass is 10.3. The van der Waals surface area contributed by atoms with E-state index in [0.717, 1.165) is 0 Å². The van der Waals surface area contributed by atoms with Gasteiger partial charge in [-0.2, -0.15) is 4.80 Å². The maximum atomic E-state index is 5.87. The summed E-state index contributed by atoms with van der Waals surface area (Å²) in [5, 5.41) is 10.6. The lowest BCUT2D eigenvalue weighted by Crippen LogP contribution is -2.08. The van der Waals surface area contributed by atoms with E-state index in [-0.39, 0.29) is 6.42 Å². The first-order valence-electron chi connectivity index (χ1n) is 3.33. The lowest BCUT2D eigenvalue weighted by Gasteiger charge is -2.12. The molecule has 0 aliphatic carbocycles. The molecule has 0 radical (unpaired) electrons. The Morgan fingerprint density at radius 1 is 1.46 bits per heavy atom. The van der Waals surface area contributed by atoms with Crippen LogP contribution in [0, 0.1) is 0 Å². The van der Waals surface area contributed by atoms with E-state index in [1.807, 2.05) is 0 Å². The Bertz CT molecular complexity index is 280. The highest BCUT2D eigenvalue weighted by molar-refractivity contribution is 6.67. The summed E-state index contributed by atoms with van der Waals surface area (Å²) in [6, 6.07) is 0. The number of halogens is 4. The largest absolute Gasteiger partial charge is 0.192 e. The third kappa shape index (κ3) is 3.85. The molecule has 0 spiro atoms. The molecule has 0 aromatic carbocycles. The Hall–Kier alpha value is 0.230. The molecule has 0 unspecified atom stereocenters. The number of rotatable bonds is 2. The minimum Gasteiger partial charge on any atom is -0.167 e. The van der Waals surface area contributed by atoms with Gasteiger partial charge in [0.25, 0.3) is 0 Å². The fourth-order valence-corrected chi connectivity index (χ4v) is 1.74. The first kappa shape index (κ1) is 11.3. The summed E-state index contributed by atoms with van der Waals surface area (Å²) in [6.45, 7) is 0. The second-order valence-electron chi connectivity index (χ2n) is 2.42. The molecule has 4 nitrogen and oxygen atoms in total. The van der Waals surface area contributed by atoms with Crippen molar-refractivity contribution in [3.63, 3.8) is 0 Å². The predicted molar refractivity (Wildman–Crippen MR) is 52.3 cm³/mol. The molecule has 8 heteroatoms. The molecule has 1 atom stereocenters. The smallest absolute Gasteiger partial charge is 0.167 e. The minimum atomic E-state index is -1.40. The molecule has 0 amide bonds. The Morgan fingerprint density at radius 2 is 2.08 bits per heavy atom. The summed E-state index contributed by atoms with van der Waals surface area (Å²) in [7, 11) is 1.63. The van der Waals surface area contributed by atoms with E-state index >= 15 is 0 Å². The second kappa shape index (κ2) is 4.17. The zero-order valence-electron chi connectivity index (χ0n) is 6.59. The molecule has 0 saturated carbocycles. The van der Waals surface area contributed by atoms with Gasteiger partial charge in [0.05, 0.1) is 7.05 Å². The fraction of sp³-hybridized carbons (Fsp3) is 0.800. The van der Waals surface area contributed by atoms with Crippen molar-refractivity contribution in [2.75, 3.05) is 0 Å². The van der Waals surface area contributed by atoms with Gasteiger partial charge in [0.1, 0.15) is 5.38 Å². The van der Waals surface area contributed by atoms with Crippen LogP contribution in [0.4, 0.5) is 0 Å². The molecular formula is C5H6Cl4N4. The van der Waals surface area contributed by atoms with Crippen LogP contribution < -0.4 is 0 Å². The number of alkyl halides is 4. The summed E-state index contributed by atoms with van der Waals surface area (Å²) in [6.07, 6.45) is 0.144. The van der Waals surface area contributed by atoms with Gasteiger partial charge in [-0.1, -0.05) is 34.8 Å². The van der Waals surface area contributed by atoms with Gasteiger partial charge in [0.15, 0.2) is 9.62 Å². The maximum Gasteiger partial charge on any atom is 0.192 e. The van der Waals surface area contributed by atoms with Gasteiger partial charge in [-0.15, -0.1) is 21.8 Å². The summed E-state index contributed by atoms with van der Waals surface area (Å²) >= 11 is 22.5. The fourth-order valence-electron chi connectivity index (χ4n) is 0.719. The van der Waals surface area contributed by atoms with E-state index < -0.39 is 9.17 Å². The van der Waals surface area contributed by atoms with Crippen LogP contribution in [0.15, 0.2) is 0 Å². The molecule has 0 fully saturated rings. The third-order valence-electron chi connectivity index (χ3n) is 1.21. The van der Waals surface area contributed by atoms with Gasteiger partial charge in [0.2, 0.25) is 0 Å². The highest BCUT2D eigenvalue weighted by Crippen LogP contribution is 2.37. The molecule has 1 aromatic heterocycles. The van der Waals surface area contributed by atoms with Crippen LogP contribution in [-0.2, 0) is 7.05 Å². The van der Waals surface area contributed by atoms with Crippen LogP contribution >= 0.6 is 46.4 Å². The summed E-state index contributed by atoms with van der Waals surface area (Å²) in [5.41, 5.74) is 0. The van der Waals surface area contributed by atoms with E-state index in [2.05, 4.69) is 15.4 Å². The Kier molecular flexibility index (Phi) is 3.63. The van der Waals surface area contributed by atoms with Crippen molar-refractivity contribution in [2.24, 2.45) is 7.05 Å². The Morgan fingerprint density at radius 3 is 2.46 bits per heavy atom. The van der Waals surface area contributed by atoms with Crippen LogP contribution in [0.5, 0.6) is 0 Å². The van der Waals surface area contributed by atoms with Gasteiger partial charge >= 0.3 is 0 Å². The first-order chi connectivity index (χ1) is 5.88. The van der Waals surface area contributed by atoms with Crippen LogP contribution in [0.3, 0.4) is 0 Å². The molecule has 13 heavy (non-hydrogen) atoms. The van der Waals surface area contributed by atoms with E-state index in [0.29, 0.717) is 5.82 Å². The van der Waals surface area contributed by atoms with Crippen molar-refractivity contribution in [1.82, 2.24) is 20.2 Å². The number of aryl methyl sites for hydroxylation is 1. The summed E-state index contributed by atoms with van der Waals surface area (Å²) in [4.78, 5) is 1.29. The van der Waals surface area contributed by atoms with E-state index in [9.17, 15) is 0 Å². The third-order valence-corrected chi connectivity index (χ3v) is 2.03. The standard InChI is InChI=1S/C5H6Cl4N4/c1-13-11-4(10-12-13)3(6)2-5(7,8)9/h3H,2H2,1H3/t3-/m1/s1. The number of hydrogen-bond acceptors (Lipinski definition) is 3. The molecule has 1 heterocycles. The number of aromatic nitrogens is 4. The van der Waals surface area contributed by atoms with E-state index in [1.54, 1.807) is 7.05 Å². The van der Waals surface area contributed by atoms with Crippen molar-refractivity contribution in [3.05, 3.63) is 5.82 Å². The highest BCUT2D eigenvalue weighted by Gasteiger charge is 2.27. The molecule has 0 bridgehead atoms. The van der Waals surface area contributed by atoms with E-state index in [4.69, 9.17) is 46.4 Å². The number of hydrogen-bond donors (Lipinski definition) is 0. The minimum absolute atomic E-state index is 0.144. The first-order valence-corrected chi connectivity index (χ1v) is 4.90. The topological polar surface area (TPSA) is 43.6 Å². The van der Waals surface area contributed by atoms with Gasteiger partial charge in [-0.3, -0.25) is 0 Å². The van der Waals surface area contributed by atoms with E-state index in [1.165, 1.54) is 4.80 Å². The maximum absolute atomic E-state index is 5.87. The number of tetrazole rings is 1. The zero-order chi connectivity index (χ0) is 10.1. The monoisotopic (exact) mass is 262 g/mol. The molecule has 0 aliphatic rings. The summed E-state index contributed by atoms with van der Waals surface area (Å²) < 4.78 is -1.40. The molecule has 74 valence electrons. The van der Waals surface area contributed by atoms with Gasteiger partial charge in [-0.25, -0.2) is 0 Å². The Labute approximate surface area is 95.1 Å². The van der Waals surface area contributed by atoms with Crippen molar-refractivity contribution in [1.29, 1.82) is 0 Å². The van der Waals surface area contributed by atoms with Crippen molar-refractivity contribution < 1.29 is 0 Å². The molecular weight excluding hydrogens is 258 g/mol. The normalized spacial score (nSPS) is 14.5. The predicted octanol–water partition coefficient (Wildman–Crippen LogP) is 2.25. The highest BCUT2D eigenvalue weighted by atomic mass is 35.6. The second-order valence-corrected chi connectivity index (χ2v) is 5.47. The average molecular weight is 264 g/mol. The van der Waals surface area contributed by atoms with Gasteiger partial charge in [0, 0.05) is 6.42 Å². The van der Waals surface area contributed by atoms with Crippen LogP contribution in [-0.4, -0.2) is 24.0 Å². The average Bonchev–Trinajstić information content (AvgIpc) is 2.31. The molecule has 1 aromatic rings. The SMILES string of the molecule is Cn1nnc([C@H](Cl)CC(Cl)(Cl)Cl)n1. The van der Waals surface area contributed by atoms with Crippen molar-refractivity contribution in [2.45, 2.75) is 15.6 Å². The molecule has 0 N–H and O–H groups in total. The quantitative estimate of drug-likeness (QED) is 0.769. The number of nitrogens with zero attached hydrogens (tertiary/aromatic N) is 4. The lowest BCUT2D eigenvalue weighted by molar-refractivity contribution is 0.625. The molecule has 0 saturated heterocycles. The van der Waals surface area contributed by atoms with Crippen LogP contribution in [0.2, 0.25) is 0 Å².